The molecule has 1 aromatic rings. The molecule has 1 fully saturated rings. The van der Waals surface area contributed by atoms with Crippen LogP contribution in [0.3, 0.4) is 0 Å². The van der Waals surface area contributed by atoms with E-state index in [9.17, 15) is 4.79 Å². The minimum atomic E-state index is 0.00746. The maximum Gasteiger partial charge on any atom is 0.228 e. The molecule has 0 radical (unpaired) electrons. The highest BCUT2D eigenvalue weighted by atomic mass is 32.1. The van der Waals surface area contributed by atoms with Crippen molar-refractivity contribution in [1.29, 1.82) is 0 Å². The Morgan fingerprint density at radius 1 is 1.70 bits per heavy atom. The van der Waals surface area contributed by atoms with Crippen LogP contribution >= 0.6 is 11.3 Å². The number of carbonyl (C=O) groups excluding carboxylic acids is 1. The first-order valence-electron chi connectivity index (χ1n) is 7.17. The van der Waals surface area contributed by atoms with Crippen LogP contribution in [-0.2, 0) is 16.0 Å². The maximum atomic E-state index is 12.2. The molecule has 1 amide bonds. The van der Waals surface area contributed by atoms with E-state index < -0.39 is 0 Å². The minimum absolute atomic E-state index is 0.00746. The highest BCUT2D eigenvalue weighted by Crippen LogP contribution is 2.21. The van der Waals surface area contributed by atoms with Crippen molar-refractivity contribution in [3.05, 3.63) is 16.1 Å². The fourth-order valence-electron chi connectivity index (χ4n) is 2.34. The number of thiazole rings is 1. The lowest BCUT2D eigenvalue weighted by Crippen LogP contribution is -2.51. The van der Waals surface area contributed by atoms with Crippen molar-refractivity contribution in [3.8, 4) is 0 Å². The van der Waals surface area contributed by atoms with Gasteiger partial charge < -0.3 is 15.0 Å². The highest BCUT2D eigenvalue weighted by Gasteiger charge is 2.21. The Morgan fingerprint density at radius 3 is 3.20 bits per heavy atom. The fourth-order valence-corrected chi connectivity index (χ4v) is 3.16. The van der Waals surface area contributed by atoms with E-state index in [1.165, 1.54) is 0 Å². The van der Waals surface area contributed by atoms with E-state index >= 15 is 0 Å². The largest absolute Gasteiger partial charge is 0.372 e. The summed E-state index contributed by atoms with van der Waals surface area (Å²) in [5.74, 6) is 0.166. The number of carbonyl (C=O) groups is 1. The minimum Gasteiger partial charge on any atom is -0.372 e. The van der Waals surface area contributed by atoms with Crippen LogP contribution in [-0.4, -0.2) is 48.1 Å². The van der Waals surface area contributed by atoms with Crippen LogP contribution in [0, 0.1) is 0 Å². The van der Waals surface area contributed by atoms with Gasteiger partial charge >= 0.3 is 0 Å². The predicted octanol–water partition coefficient (Wildman–Crippen LogP) is 1.60. The van der Waals surface area contributed by atoms with E-state index in [1.54, 1.807) is 11.3 Å². The second-order valence-electron chi connectivity index (χ2n) is 5.15. The number of nitrogens with one attached hydrogen (secondary N) is 1. The van der Waals surface area contributed by atoms with Crippen molar-refractivity contribution in [2.45, 2.75) is 39.3 Å². The molecule has 2 atom stereocenters. The van der Waals surface area contributed by atoms with Gasteiger partial charge in [0.2, 0.25) is 5.91 Å². The molecule has 2 heterocycles. The van der Waals surface area contributed by atoms with Crippen molar-refractivity contribution in [1.82, 2.24) is 15.2 Å². The molecule has 1 aromatic heterocycles. The standard InChI is InChI=1S/C14H23N3O2S/c1-4-19-11(3)14-16-12(9-20-14)7-13(18)17-6-5-15-10(2)8-17/h9-11,15H,4-8H2,1-3H3/t10-,11+/m0/s1. The first-order valence-corrected chi connectivity index (χ1v) is 8.05. The third-order valence-corrected chi connectivity index (χ3v) is 4.44. The lowest BCUT2D eigenvalue weighted by atomic mass is 10.2. The molecular formula is C14H23N3O2S. The molecule has 1 aliphatic rings. The van der Waals surface area contributed by atoms with E-state index in [2.05, 4.69) is 17.2 Å². The molecule has 6 heteroatoms. The van der Waals surface area contributed by atoms with Gasteiger partial charge in [-0.15, -0.1) is 11.3 Å². The monoisotopic (exact) mass is 297 g/mol. The number of ether oxygens (including phenoxy) is 1. The van der Waals surface area contributed by atoms with E-state index in [4.69, 9.17) is 4.74 Å². The van der Waals surface area contributed by atoms with Crippen molar-refractivity contribution >= 4 is 17.2 Å². The second-order valence-corrected chi connectivity index (χ2v) is 6.04. The van der Waals surface area contributed by atoms with Gasteiger partial charge in [0.1, 0.15) is 11.1 Å². The summed E-state index contributed by atoms with van der Waals surface area (Å²) >= 11 is 1.57. The maximum absolute atomic E-state index is 12.2. The van der Waals surface area contributed by atoms with Crippen LogP contribution in [0.15, 0.2) is 5.38 Å². The summed E-state index contributed by atoms with van der Waals surface area (Å²) in [5.41, 5.74) is 0.854. The van der Waals surface area contributed by atoms with Gasteiger partial charge in [-0.25, -0.2) is 4.98 Å². The number of hydrogen-bond donors (Lipinski definition) is 1. The van der Waals surface area contributed by atoms with Crippen molar-refractivity contribution in [2.75, 3.05) is 26.2 Å². The summed E-state index contributed by atoms with van der Waals surface area (Å²) in [6.07, 6.45) is 0.398. The normalized spacial score (nSPS) is 20.9. The SMILES string of the molecule is CCO[C@H](C)c1nc(CC(=O)N2CCN[C@@H](C)C2)cs1. The molecule has 2 rings (SSSR count). The highest BCUT2D eigenvalue weighted by molar-refractivity contribution is 7.09. The summed E-state index contributed by atoms with van der Waals surface area (Å²) in [7, 11) is 0. The van der Waals surface area contributed by atoms with E-state index in [0.29, 0.717) is 19.1 Å². The van der Waals surface area contributed by atoms with Crippen LogP contribution < -0.4 is 5.32 Å². The average molecular weight is 297 g/mol. The first kappa shape index (κ1) is 15.4. The number of aromatic nitrogens is 1. The van der Waals surface area contributed by atoms with Crippen molar-refractivity contribution in [3.63, 3.8) is 0 Å². The Balaban J connectivity index is 1.91. The van der Waals surface area contributed by atoms with Crippen LogP contribution in [0.4, 0.5) is 0 Å². The van der Waals surface area contributed by atoms with Crippen LogP contribution in [0.25, 0.3) is 0 Å². The summed E-state index contributed by atoms with van der Waals surface area (Å²) in [5, 5.41) is 6.25. The molecule has 0 aromatic carbocycles. The third kappa shape index (κ3) is 4.01. The average Bonchev–Trinajstić information content (AvgIpc) is 2.87. The lowest BCUT2D eigenvalue weighted by molar-refractivity contribution is -0.131. The van der Waals surface area contributed by atoms with Gasteiger partial charge in [0.05, 0.1) is 12.1 Å². The molecule has 0 aliphatic carbocycles. The number of amides is 1. The van der Waals surface area contributed by atoms with Crippen molar-refractivity contribution in [2.24, 2.45) is 0 Å². The molecule has 5 nitrogen and oxygen atoms in total. The Labute approximate surface area is 124 Å². The number of piperazine rings is 1. The summed E-state index contributed by atoms with van der Waals surface area (Å²) in [6, 6.07) is 0.372. The van der Waals surface area contributed by atoms with Gasteiger partial charge in [0.15, 0.2) is 0 Å². The summed E-state index contributed by atoms with van der Waals surface area (Å²) in [4.78, 5) is 18.7. The molecule has 1 saturated heterocycles. The quantitative estimate of drug-likeness (QED) is 0.897. The third-order valence-electron chi connectivity index (χ3n) is 3.39. The zero-order valence-corrected chi connectivity index (χ0v) is 13.2. The van der Waals surface area contributed by atoms with E-state index in [-0.39, 0.29) is 12.0 Å². The van der Waals surface area contributed by atoms with E-state index in [0.717, 1.165) is 30.3 Å². The van der Waals surface area contributed by atoms with Crippen LogP contribution in [0.1, 0.15) is 37.6 Å². The zero-order valence-electron chi connectivity index (χ0n) is 12.4. The molecule has 0 spiro atoms. The lowest BCUT2D eigenvalue weighted by Gasteiger charge is -2.31. The summed E-state index contributed by atoms with van der Waals surface area (Å²) in [6.45, 7) is 9.18. The predicted molar refractivity (Wildman–Crippen MR) is 79.9 cm³/mol. The van der Waals surface area contributed by atoms with E-state index in [1.807, 2.05) is 24.1 Å². The molecule has 0 saturated carbocycles. The van der Waals surface area contributed by atoms with Gasteiger partial charge in [0.25, 0.3) is 0 Å². The first-order chi connectivity index (χ1) is 9.60. The number of hydrogen-bond acceptors (Lipinski definition) is 5. The number of nitrogens with zero attached hydrogens (tertiary/aromatic N) is 2. The zero-order chi connectivity index (χ0) is 14.5. The van der Waals surface area contributed by atoms with Crippen LogP contribution in [0.5, 0.6) is 0 Å². The van der Waals surface area contributed by atoms with Gasteiger partial charge in [-0.1, -0.05) is 0 Å². The molecular weight excluding hydrogens is 274 g/mol. The number of rotatable bonds is 5. The molecule has 20 heavy (non-hydrogen) atoms. The fraction of sp³-hybridized carbons (Fsp3) is 0.714. The molecule has 0 unspecified atom stereocenters. The Morgan fingerprint density at radius 2 is 2.50 bits per heavy atom. The Hall–Kier alpha value is -0.980. The van der Waals surface area contributed by atoms with Gasteiger partial charge in [0, 0.05) is 37.7 Å². The topological polar surface area (TPSA) is 54.5 Å². The smallest absolute Gasteiger partial charge is 0.228 e. The molecule has 0 bridgehead atoms. The Kier molecular flexibility index (Phi) is 5.51. The van der Waals surface area contributed by atoms with Gasteiger partial charge in [-0.2, -0.15) is 0 Å². The van der Waals surface area contributed by atoms with Crippen molar-refractivity contribution < 1.29 is 9.53 Å². The molecule has 1 aliphatic heterocycles. The van der Waals surface area contributed by atoms with Gasteiger partial charge in [-0.05, 0) is 20.8 Å². The second kappa shape index (κ2) is 7.15. The Bertz CT molecular complexity index is 449. The van der Waals surface area contributed by atoms with Gasteiger partial charge in [-0.3, -0.25) is 4.79 Å². The van der Waals surface area contributed by atoms with Crippen LogP contribution in [0.2, 0.25) is 0 Å². The summed E-state index contributed by atoms with van der Waals surface area (Å²) < 4.78 is 5.52. The molecule has 1 N–H and O–H groups in total. The molecule has 112 valence electrons.